The highest BCUT2D eigenvalue weighted by Gasteiger charge is 2.23. The van der Waals surface area contributed by atoms with Crippen molar-refractivity contribution in [1.82, 2.24) is 10.3 Å². The zero-order chi connectivity index (χ0) is 13.7. The number of nitrogens with one attached hydrogen (secondary N) is 1. The van der Waals surface area contributed by atoms with Gasteiger partial charge < -0.3 is 10.4 Å². The van der Waals surface area contributed by atoms with Crippen LogP contribution in [0.1, 0.15) is 25.1 Å². The molecule has 0 unspecified atom stereocenters. The number of carbonyl (C=O) groups is 2. The average Bonchev–Trinajstić information content (AvgIpc) is 2.28. The van der Waals surface area contributed by atoms with Gasteiger partial charge in [-0.2, -0.15) is 0 Å². The van der Waals surface area contributed by atoms with E-state index in [9.17, 15) is 9.59 Å². The number of hydrogen-bond acceptors (Lipinski definition) is 3. The molecule has 0 saturated carbocycles. The van der Waals surface area contributed by atoms with E-state index in [0.29, 0.717) is 5.69 Å². The lowest BCUT2D eigenvalue weighted by Crippen LogP contribution is -2.45. The van der Waals surface area contributed by atoms with Crippen LogP contribution in [0.4, 0.5) is 0 Å². The minimum atomic E-state index is -1.02. The summed E-state index contributed by atoms with van der Waals surface area (Å²) in [5, 5.41) is 11.5. The summed E-state index contributed by atoms with van der Waals surface area (Å²) in [5.41, 5.74) is 1.59. The number of aliphatic carboxylic acids is 1. The standard InChI is InChI=1S/C13H18N2O3/c1-8(2)12(13(17)18)15-11(16)7-10-9(3)5-4-6-14-10/h4-6,8,12H,7H2,1-3H3,(H,15,16)(H,17,18)/t12-/m1/s1. The number of nitrogens with zero attached hydrogens (tertiary/aromatic N) is 1. The van der Waals surface area contributed by atoms with Gasteiger partial charge in [0.15, 0.2) is 0 Å². The number of rotatable bonds is 5. The minimum absolute atomic E-state index is 0.100. The molecule has 5 heteroatoms. The van der Waals surface area contributed by atoms with Gasteiger partial charge in [0.1, 0.15) is 6.04 Å². The Hall–Kier alpha value is -1.91. The maximum Gasteiger partial charge on any atom is 0.326 e. The third-order valence-corrected chi connectivity index (χ3v) is 2.70. The monoisotopic (exact) mass is 250 g/mol. The molecule has 5 nitrogen and oxygen atoms in total. The molecule has 1 aromatic heterocycles. The zero-order valence-corrected chi connectivity index (χ0v) is 10.8. The zero-order valence-electron chi connectivity index (χ0n) is 10.8. The SMILES string of the molecule is Cc1cccnc1CC(=O)N[C@@H](C(=O)O)C(C)C. The molecule has 0 spiro atoms. The molecule has 1 rings (SSSR count). The van der Waals surface area contributed by atoms with Crippen molar-refractivity contribution in [3.8, 4) is 0 Å². The first-order valence-electron chi connectivity index (χ1n) is 5.84. The van der Waals surface area contributed by atoms with Crippen molar-refractivity contribution in [2.45, 2.75) is 33.2 Å². The molecule has 1 atom stereocenters. The Morgan fingerprint density at radius 3 is 2.61 bits per heavy atom. The van der Waals surface area contributed by atoms with Crippen LogP contribution in [0.2, 0.25) is 0 Å². The molecule has 0 fully saturated rings. The summed E-state index contributed by atoms with van der Waals surface area (Å²) in [7, 11) is 0. The van der Waals surface area contributed by atoms with E-state index in [1.54, 1.807) is 26.1 Å². The number of aryl methyl sites for hydroxylation is 1. The fraction of sp³-hybridized carbons (Fsp3) is 0.462. The number of aromatic nitrogens is 1. The summed E-state index contributed by atoms with van der Waals surface area (Å²) in [4.78, 5) is 26.8. The van der Waals surface area contributed by atoms with Gasteiger partial charge in [0.05, 0.1) is 12.1 Å². The summed E-state index contributed by atoms with van der Waals surface area (Å²) in [6.07, 6.45) is 1.72. The minimum Gasteiger partial charge on any atom is -0.480 e. The van der Waals surface area contributed by atoms with Gasteiger partial charge in [0.2, 0.25) is 5.91 Å². The van der Waals surface area contributed by atoms with Crippen LogP contribution >= 0.6 is 0 Å². The predicted molar refractivity (Wildman–Crippen MR) is 67.1 cm³/mol. The fourth-order valence-electron chi connectivity index (χ4n) is 1.59. The molecular formula is C13H18N2O3. The molecule has 0 aliphatic heterocycles. The summed E-state index contributed by atoms with van der Waals surface area (Å²) in [6, 6.07) is 2.80. The van der Waals surface area contributed by atoms with Crippen LogP contribution in [0, 0.1) is 12.8 Å². The van der Waals surface area contributed by atoms with E-state index < -0.39 is 12.0 Å². The first-order valence-corrected chi connectivity index (χ1v) is 5.84. The van der Waals surface area contributed by atoms with E-state index >= 15 is 0 Å². The Kier molecular flexibility index (Phi) is 4.83. The molecule has 1 amide bonds. The molecule has 0 saturated heterocycles. The third kappa shape index (κ3) is 3.84. The Balaban J connectivity index is 2.67. The number of carboxylic acid groups (broad SMARTS) is 1. The van der Waals surface area contributed by atoms with Crippen LogP contribution in [0.3, 0.4) is 0 Å². The Labute approximate surface area is 106 Å². The number of carbonyl (C=O) groups excluding carboxylic acids is 1. The Morgan fingerprint density at radius 1 is 1.44 bits per heavy atom. The van der Waals surface area contributed by atoms with E-state index in [1.807, 2.05) is 13.0 Å². The molecule has 1 aromatic rings. The molecule has 98 valence electrons. The summed E-state index contributed by atoms with van der Waals surface area (Å²) in [6.45, 7) is 5.38. The second-order valence-corrected chi connectivity index (χ2v) is 4.57. The highest BCUT2D eigenvalue weighted by molar-refractivity contribution is 5.84. The number of carboxylic acids is 1. The Bertz CT molecular complexity index is 444. The van der Waals surface area contributed by atoms with E-state index in [2.05, 4.69) is 10.3 Å². The number of amides is 1. The van der Waals surface area contributed by atoms with Crippen molar-refractivity contribution >= 4 is 11.9 Å². The van der Waals surface area contributed by atoms with Crippen molar-refractivity contribution in [2.75, 3.05) is 0 Å². The smallest absolute Gasteiger partial charge is 0.326 e. The highest BCUT2D eigenvalue weighted by atomic mass is 16.4. The second-order valence-electron chi connectivity index (χ2n) is 4.57. The van der Waals surface area contributed by atoms with Gasteiger partial charge in [-0.25, -0.2) is 4.79 Å². The van der Waals surface area contributed by atoms with Gasteiger partial charge in [0, 0.05) is 6.20 Å². The van der Waals surface area contributed by atoms with E-state index in [4.69, 9.17) is 5.11 Å². The molecule has 0 radical (unpaired) electrons. The molecule has 1 heterocycles. The topological polar surface area (TPSA) is 79.3 Å². The van der Waals surface area contributed by atoms with Gasteiger partial charge in [-0.05, 0) is 24.5 Å². The predicted octanol–water partition coefficient (Wildman–Crippen LogP) is 1.16. The van der Waals surface area contributed by atoms with Gasteiger partial charge in [-0.1, -0.05) is 19.9 Å². The Morgan fingerprint density at radius 2 is 2.11 bits per heavy atom. The molecule has 0 aliphatic rings. The van der Waals surface area contributed by atoms with E-state index in [-0.39, 0.29) is 18.2 Å². The molecule has 0 aromatic carbocycles. The molecular weight excluding hydrogens is 232 g/mol. The molecule has 0 aliphatic carbocycles. The lowest BCUT2D eigenvalue weighted by molar-refractivity contribution is -0.143. The first-order chi connectivity index (χ1) is 8.41. The first kappa shape index (κ1) is 14.2. The van der Waals surface area contributed by atoms with Crippen LogP contribution in [-0.2, 0) is 16.0 Å². The van der Waals surface area contributed by atoms with Gasteiger partial charge >= 0.3 is 5.97 Å². The lowest BCUT2D eigenvalue weighted by atomic mass is 10.0. The van der Waals surface area contributed by atoms with E-state index in [0.717, 1.165) is 5.56 Å². The second kappa shape index (κ2) is 6.14. The maximum atomic E-state index is 11.8. The van der Waals surface area contributed by atoms with E-state index in [1.165, 1.54) is 0 Å². The van der Waals surface area contributed by atoms with Crippen molar-refractivity contribution in [2.24, 2.45) is 5.92 Å². The highest BCUT2D eigenvalue weighted by Crippen LogP contribution is 2.06. The van der Waals surface area contributed by atoms with Crippen molar-refractivity contribution < 1.29 is 14.7 Å². The fourth-order valence-corrected chi connectivity index (χ4v) is 1.59. The van der Waals surface area contributed by atoms with Crippen molar-refractivity contribution in [3.63, 3.8) is 0 Å². The lowest BCUT2D eigenvalue weighted by Gasteiger charge is -2.17. The van der Waals surface area contributed by atoms with Crippen LogP contribution in [-0.4, -0.2) is 28.0 Å². The summed E-state index contributed by atoms with van der Waals surface area (Å²) < 4.78 is 0. The van der Waals surface area contributed by atoms with Gasteiger partial charge in [0.25, 0.3) is 0 Å². The maximum absolute atomic E-state index is 11.8. The molecule has 0 bridgehead atoms. The van der Waals surface area contributed by atoms with Crippen LogP contribution in [0.25, 0.3) is 0 Å². The summed E-state index contributed by atoms with van der Waals surface area (Å²) in [5.74, 6) is -1.50. The molecule has 2 N–H and O–H groups in total. The number of hydrogen-bond donors (Lipinski definition) is 2. The quantitative estimate of drug-likeness (QED) is 0.821. The normalized spacial score (nSPS) is 12.2. The number of pyridine rings is 1. The van der Waals surface area contributed by atoms with Gasteiger partial charge in [-0.3, -0.25) is 9.78 Å². The van der Waals surface area contributed by atoms with Crippen molar-refractivity contribution in [3.05, 3.63) is 29.6 Å². The molecule has 18 heavy (non-hydrogen) atoms. The van der Waals surface area contributed by atoms with Crippen LogP contribution in [0.15, 0.2) is 18.3 Å². The summed E-state index contributed by atoms with van der Waals surface area (Å²) >= 11 is 0. The van der Waals surface area contributed by atoms with Crippen molar-refractivity contribution in [1.29, 1.82) is 0 Å². The van der Waals surface area contributed by atoms with Crippen LogP contribution in [0.5, 0.6) is 0 Å². The van der Waals surface area contributed by atoms with Crippen LogP contribution < -0.4 is 5.32 Å². The third-order valence-electron chi connectivity index (χ3n) is 2.70. The van der Waals surface area contributed by atoms with Gasteiger partial charge in [-0.15, -0.1) is 0 Å². The average molecular weight is 250 g/mol. The largest absolute Gasteiger partial charge is 0.480 e.